The van der Waals surface area contributed by atoms with Crippen molar-refractivity contribution in [3.8, 4) is 0 Å². The Kier molecular flexibility index (Phi) is 4.35. The Balaban J connectivity index is 2.57. The first-order chi connectivity index (χ1) is 7.32. The lowest BCUT2D eigenvalue weighted by molar-refractivity contribution is -0.121. The highest BCUT2D eigenvalue weighted by atomic mass is 32.2. The summed E-state index contributed by atoms with van der Waals surface area (Å²) in [7, 11) is -3.28. The quantitative estimate of drug-likeness (QED) is 0.812. The first-order valence-corrected chi connectivity index (χ1v) is 7.77. The van der Waals surface area contributed by atoms with Crippen LogP contribution in [-0.2, 0) is 14.6 Å². The third-order valence-corrected chi connectivity index (χ3v) is 4.95. The molecule has 1 saturated carbocycles. The second kappa shape index (κ2) is 5.17. The lowest BCUT2D eigenvalue weighted by Crippen LogP contribution is -2.46. The molecule has 94 valence electrons. The number of carbonyl (C=O) groups is 1. The number of hydrogen-bond acceptors (Lipinski definition) is 3. The van der Waals surface area contributed by atoms with Gasteiger partial charge in [0.1, 0.15) is 5.25 Å². The van der Waals surface area contributed by atoms with Crippen LogP contribution in [-0.4, -0.2) is 31.9 Å². The molecule has 16 heavy (non-hydrogen) atoms. The van der Waals surface area contributed by atoms with Crippen molar-refractivity contribution in [3.63, 3.8) is 0 Å². The first-order valence-electron chi connectivity index (χ1n) is 5.81. The molecule has 1 fully saturated rings. The molecule has 1 N–H and O–H groups in total. The van der Waals surface area contributed by atoms with Crippen molar-refractivity contribution in [3.05, 3.63) is 0 Å². The van der Waals surface area contributed by atoms with Crippen molar-refractivity contribution in [1.29, 1.82) is 0 Å². The third-order valence-electron chi connectivity index (χ3n) is 3.45. The van der Waals surface area contributed by atoms with Crippen molar-refractivity contribution >= 4 is 15.7 Å². The maximum absolute atomic E-state index is 11.7. The van der Waals surface area contributed by atoms with E-state index in [9.17, 15) is 13.2 Å². The minimum atomic E-state index is -3.28. The summed E-state index contributed by atoms with van der Waals surface area (Å²) in [6.45, 7) is 3.55. The van der Waals surface area contributed by atoms with Gasteiger partial charge in [0.15, 0.2) is 9.84 Å². The van der Waals surface area contributed by atoms with Gasteiger partial charge in [0, 0.05) is 12.3 Å². The summed E-state index contributed by atoms with van der Waals surface area (Å²) < 4.78 is 22.5. The zero-order valence-corrected chi connectivity index (χ0v) is 11.0. The van der Waals surface area contributed by atoms with Gasteiger partial charge < -0.3 is 5.32 Å². The molecule has 0 aromatic rings. The highest BCUT2D eigenvalue weighted by Gasteiger charge is 2.28. The molecule has 3 atom stereocenters. The standard InChI is InChI=1S/C11H21NO3S/c1-8-6-4-5-7-10(8)12-11(13)9(2)16(3,14)15/h8-10H,4-7H2,1-3H3,(H,12,13). The molecule has 0 aromatic heterocycles. The smallest absolute Gasteiger partial charge is 0.238 e. The van der Waals surface area contributed by atoms with E-state index in [4.69, 9.17) is 0 Å². The molecule has 3 unspecified atom stereocenters. The summed E-state index contributed by atoms with van der Waals surface area (Å²) in [6, 6.07) is 0.144. The molecule has 5 heteroatoms. The molecular formula is C11H21NO3S. The highest BCUT2D eigenvalue weighted by molar-refractivity contribution is 7.92. The Hall–Kier alpha value is -0.580. The van der Waals surface area contributed by atoms with Crippen molar-refractivity contribution in [2.24, 2.45) is 5.92 Å². The van der Waals surface area contributed by atoms with Gasteiger partial charge in [-0.1, -0.05) is 19.8 Å². The van der Waals surface area contributed by atoms with Gasteiger partial charge >= 0.3 is 0 Å². The maximum atomic E-state index is 11.7. The van der Waals surface area contributed by atoms with Crippen LogP contribution in [0.1, 0.15) is 39.5 Å². The summed E-state index contributed by atoms with van der Waals surface area (Å²) >= 11 is 0. The van der Waals surface area contributed by atoms with Crippen molar-refractivity contribution < 1.29 is 13.2 Å². The van der Waals surface area contributed by atoms with E-state index in [1.807, 2.05) is 0 Å². The maximum Gasteiger partial charge on any atom is 0.238 e. The summed E-state index contributed by atoms with van der Waals surface area (Å²) in [4.78, 5) is 11.7. The van der Waals surface area contributed by atoms with Crippen LogP contribution in [0.4, 0.5) is 0 Å². The second-order valence-electron chi connectivity index (χ2n) is 4.85. The lowest BCUT2D eigenvalue weighted by Gasteiger charge is -2.30. The van der Waals surface area contributed by atoms with Crippen molar-refractivity contribution in [1.82, 2.24) is 5.32 Å². The number of amides is 1. The molecular weight excluding hydrogens is 226 g/mol. The zero-order chi connectivity index (χ0) is 12.3. The van der Waals surface area contributed by atoms with E-state index in [0.717, 1.165) is 25.5 Å². The van der Waals surface area contributed by atoms with Gasteiger partial charge in [-0.25, -0.2) is 8.42 Å². The van der Waals surface area contributed by atoms with Crippen LogP contribution in [0.25, 0.3) is 0 Å². The van der Waals surface area contributed by atoms with Gasteiger partial charge in [-0.3, -0.25) is 4.79 Å². The van der Waals surface area contributed by atoms with Gasteiger partial charge in [-0.15, -0.1) is 0 Å². The zero-order valence-electron chi connectivity index (χ0n) is 10.2. The molecule has 1 rings (SSSR count). The fourth-order valence-corrected chi connectivity index (χ4v) is 2.48. The minimum absolute atomic E-state index is 0.144. The second-order valence-corrected chi connectivity index (χ2v) is 7.21. The number of sulfone groups is 1. The molecule has 0 aliphatic heterocycles. The van der Waals surface area contributed by atoms with Crippen LogP contribution in [0.2, 0.25) is 0 Å². The Bertz CT molecular complexity index is 350. The molecule has 4 nitrogen and oxygen atoms in total. The van der Waals surface area contributed by atoms with Crippen LogP contribution < -0.4 is 5.32 Å². The number of carbonyl (C=O) groups excluding carboxylic acids is 1. The van der Waals surface area contributed by atoms with Crippen LogP contribution in [0.3, 0.4) is 0 Å². The molecule has 1 aliphatic carbocycles. The molecule has 0 bridgehead atoms. The number of rotatable bonds is 3. The number of hydrogen-bond donors (Lipinski definition) is 1. The fraction of sp³-hybridized carbons (Fsp3) is 0.909. The molecule has 1 amide bonds. The van der Waals surface area contributed by atoms with Crippen molar-refractivity contribution in [2.45, 2.75) is 50.8 Å². The van der Waals surface area contributed by atoms with E-state index in [-0.39, 0.29) is 11.9 Å². The fourth-order valence-electron chi connectivity index (χ4n) is 2.03. The van der Waals surface area contributed by atoms with Crippen molar-refractivity contribution in [2.75, 3.05) is 6.26 Å². The van der Waals surface area contributed by atoms with E-state index in [1.165, 1.54) is 13.3 Å². The monoisotopic (exact) mass is 247 g/mol. The van der Waals surface area contributed by atoms with E-state index < -0.39 is 15.1 Å². The van der Waals surface area contributed by atoms with E-state index in [1.54, 1.807) is 0 Å². The first kappa shape index (κ1) is 13.5. The van der Waals surface area contributed by atoms with Crippen LogP contribution in [0, 0.1) is 5.92 Å². The number of nitrogens with one attached hydrogen (secondary N) is 1. The summed E-state index contributed by atoms with van der Waals surface area (Å²) in [5, 5.41) is 1.91. The molecule has 1 aliphatic rings. The van der Waals surface area contributed by atoms with Gasteiger partial charge in [-0.05, 0) is 25.7 Å². The summed E-state index contributed by atoms with van der Waals surface area (Å²) in [5.74, 6) is 0.0886. The molecule has 0 saturated heterocycles. The van der Waals surface area contributed by atoms with E-state index in [2.05, 4.69) is 12.2 Å². The normalized spacial score (nSPS) is 28.4. The molecule has 0 aromatic carbocycles. The Morgan fingerprint density at radius 2 is 1.88 bits per heavy atom. The van der Waals surface area contributed by atoms with E-state index in [0.29, 0.717) is 5.92 Å². The van der Waals surface area contributed by atoms with E-state index >= 15 is 0 Å². The Morgan fingerprint density at radius 1 is 1.31 bits per heavy atom. The van der Waals surface area contributed by atoms with Crippen LogP contribution in [0.5, 0.6) is 0 Å². The Labute approximate surface area is 97.7 Å². The molecule has 0 radical (unpaired) electrons. The summed E-state index contributed by atoms with van der Waals surface area (Å²) in [6.07, 6.45) is 5.49. The highest BCUT2D eigenvalue weighted by Crippen LogP contribution is 2.23. The van der Waals surface area contributed by atoms with Gasteiger partial charge in [0.05, 0.1) is 0 Å². The molecule has 0 spiro atoms. The predicted molar refractivity (Wildman–Crippen MR) is 63.9 cm³/mol. The Morgan fingerprint density at radius 3 is 2.38 bits per heavy atom. The topological polar surface area (TPSA) is 63.2 Å². The van der Waals surface area contributed by atoms with Gasteiger partial charge in [-0.2, -0.15) is 0 Å². The summed E-state index contributed by atoms with van der Waals surface area (Å²) in [5.41, 5.74) is 0. The van der Waals surface area contributed by atoms with Gasteiger partial charge in [0.25, 0.3) is 0 Å². The predicted octanol–water partition coefficient (Wildman–Crippen LogP) is 1.11. The van der Waals surface area contributed by atoms with Crippen LogP contribution >= 0.6 is 0 Å². The molecule has 0 heterocycles. The average molecular weight is 247 g/mol. The van der Waals surface area contributed by atoms with Crippen LogP contribution in [0.15, 0.2) is 0 Å². The largest absolute Gasteiger partial charge is 0.352 e. The minimum Gasteiger partial charge on any atom is -0.352 e. The lowest BCUT2D eigenvalue weighted by atomic mass is 9.86. The van der Waals surface area contributed by atoms with Gasteiger partial charge in [0.2, 0.25) is 5.91 Å². The third kappa shape index (κ3) is 3.47. The SMILES string of the molecule is CC1CCCCC1NC(=O)C(C)S(C)(=O)=O. The average Bonchev–Trinajstić information content (AvgIpc) is 2.19.